The fourth-order valence-corrected chi connectivity index (χ4v) is 1.06. The summed E-state index contributed by atoms with van der Waals surface area (Å²) in [5.41, 5.74) is -0.442. The van der Waals surface area contributed by atoms with Gasteiger partial charge in [0.25, 0.3) is 0 Å². The summed E-state index contributed by atoms with van der Waals surface area (Å²) in [5, 5.41) is 8.79. The minimum Gasteiger partial charge on any atom is -0.359 e. The van der Waals surface area contributed by atoms with Gasteiger partial charge in [0.15, 0.2) is 5.96 Å². The van der Waals surface area contributed by atoms with Crippen molar-refractivity contribution in [2.24, 2.45) is 10.4 Å². The summed E-state index contributed by atoms with van der Waals surface area (Å²) in [6, 6.07) is 0. The Balaban J connectivity index is 4.19. The van der Waals surface area contributed by atoms with Crippen molar-refractivity contribution in [2.45, 2.75) is 20.8 Å². The molecule has 0 radical (unpaired) electrons. The summed E-state index contributed by atoms with van der Waals surface area (Å²) >= 11 is 0. The van der Waals surface area contributed by atoms with Gasteiger partial charge in [-0.1, -0.05) is 0 Å². The second-order valence-electron chi connectivity index (χ2n) is 3.92. The summed E-state index contributed by atoms with van der Waals surface area (Å²) in [6.07, 6.45) is 0. The van der Waals surface area contributed by atoms with Gasteiger partial charge in [-0.15, -0.1) is 0 Å². The third-order valence-electron chi connectivity index (χ3n) is 2.11. The van der Waals surface area contributed by atoms with E-state index in [0.717, 1.165) is 0 Å². The fraction of sp³-hybridized carbons (Fsp3) is 0.800. The van der Waals surface area contributed by atoms with Crippen molar-refractivity contribution < 1.29 is 4.79 Å². The molecule has 0 aliphatic carbocycles. The van der Waals surface area contributed by atoms with Gasteiger partial charge in [0.05, 0.1) is 5.41 Å². The van der Waals surface area contributed by atoms with E-state index in [9.17, 15) is 4.79 Å². The van der Waals surface area contributed by atoms with E-state index in [1.54, 1.807) is 14.1 Å². The van der Waals surface area contributed by atoms with Gasteiger partial charge in [0, 0.05) is 27.2 Å². The first-order valence-electron chi connectivity index (χ1n) is 5.14. The Hall–Kier alpha value is -1.26. The lowest BCUT2D eigenvalue weighted by Crippen LogP contribution is -2.47. The zero-order valence-corrected chi connectivity index (χ0v) is 10.3. The number of carbonyl (C=O) groups excluding carboxylic acids is 1. The minimum absolute atomic E-state index is 0.0454. The number of carbonyl (C=O) groups is 1. The van der Waals surface area contributed by atoms with Crippen LogP contribution < -0.4 is 16.0 Å². The third kappa shape index (κ3) is 4.67. The van der Waals surface area contributed by atoms with Crippen LogP contribution in [0.2, 0.25) is 0 Å². The first kappa shape index (κ1) is 13.7. The van der Waals surface area contributed by atoms with Crippen molar-refractivity contribution in [3.63, 3.8) is 0 Å². The molecule has 88 valence electrons. The molecule has 0 aliphatic heterocycles. The highest BCUT2D eigenvalue weighted by atomic mass is 16.2. The summed E-state index contributed by atoms with van der Waals surface area (Å²) < 4.78 is 0. The standard InChI is InChI=1S/C10H22N4O/c1-6-13-8(15)10(2,3)7-14-9(11-4)12-5/h6-7H2,1-5H3,(H,13,15)(H2,11,12,14). The van der Waals surface area contributed by atoms with Gasteiger partial charge in [0.1, 0.15) is 0 Å². The fourth-order valence-electron chi connectivity index (χ4n) is 1.06. The van der Waals surface area contributed by atoms with Crippen LogP contribution >= 0.6 is 0 Å². The maximum Gasteiger partial charge on any atom is 0.227 e. The Labute approximate surface area is 91.7 Å². The zero-order valence-electron chi connectivity index (χ0n) is 10.3. The van der Waals surface area contributed by atoms with E-state index in [-0.39, 0.29) is 5.91 Å². The van der Waals surface area contributed by atoms with E-state index in [1.165, 1.54) is 0 Å². The molecule has 0 saturated carbocycles. The Morgan fingerprint density at radius 1 is 1.33 bits per heavy atom. The molecule has 0 aromatic heterocycles. The number of rotatable bonds is 4. The lowest BCUT2D eigenvalue weighted by atomic mass is 9.92. The van der Waals surface area contributed by atoms with Crippen LogP contribution in [0, 0.1) is 5.41 Å². The van der Waals surface area contributed by atoms with Crippen LogP contribution in [0.3, 0.4) is 0 Å². The molecule has 15 heavy (non-hydrogen) atoms. The highest BCUT2D eigenvalue weighted by molar-refractivity contribution is 5.84. The average Bonchev–Trinajstić information content (AvgIpc) is 2.19. The number of amides is 1. The van der Waals surface area contributed by atoms with Gasteiger partial charge < -0.3 is 16.0 Å². The molecule has 5 nitrogen and oxygen atoms in total. The van der Waals surface area contributed by atoms with Gasteiger partial charge in [0.2, 0.25) is 5.91 Å². The van der Waals surface area contributed by atoms with E-state index in [4.69, 9.17) is 0 Å². The molecule has 0 rings (SSSR count). The van der Waals surface area contributed by atoms with E-state index in [2.05, 4.69) is 20.9 Å². The molecule has 0 bridgehead atoms. The van der Waals surface area contributed by atoms with Gasteiger partial charge in [-0.2, -0.15) is 0 Å². The summed E-state index contributed by atoms with van der Waals surface area (Å²) in [5.74, 6) is 0.733. The van der Waals surface area contributed by atoms with Crippen LogP contribution in [-0.2, 0) is 4.79 Å². The van der Waals surface area contributed by atoms with Crippen molar-refractivity contribution in [3.8, 4) is 0 Å². The van der Waals surface area contributed by atoms with Crippen molar-refractivity contribution >= 4 is 11.9 Å². The first-order valence-corrected chi connectivity index (χ1v) is 5.14. The molecule has 0 saturated heterocycles. The molecule has 0 aromatic carbocycles. The molecule has 0 spiro atoms. The summed E-state index contributed by atoms with van der Waals surface area (Å²) in [7, 11) is 3.48. The van der Waals surface area contributed by atoms with Crippen LogP contribution in [0.4, 0.5) is 0 Å². The minimum atomic E-state index is -0.442. The summed E-state index contributed by atoms with van der Waals surface area (Å²) in [6.45, 7) is 6.91. The number of aliphatic imine (C=N–C) groups is 1. The van der Waals surface area contributed by atoms with Crippen LogP contribution in [-0.4, -0.2) is 39.1 Å². The summed E-state index contributed by atoms with van der Waals surface area (Å²) in [4.78, 5) is 15.6. The number of hydrogen-bond acceptors (Lipinski definition) is 2. The first-order chi connectivity index (χ1) is 6.97. The van der Waals surface area contributed by atoms with Crippen molar-refractivity contribution in [1.29, 1.82) is 0 Å². The van der Waals surface area contributed by atoms with Crippen LogP contribution in [0.5, 0.6) is 0 Å². The molecular formula is C10H22N4O. The zero-order chi connectivity index (χ0) is 11.9. The van der Waals surface area contributed by atoms with E-state index >= 15 is 0 Å². The van der Waals surface area contributed by atoms with Gasteiger partial charge in [-0.25, -0.2) is 0 Å². The molecule has 0 aliphatic rings. The normalized spacial score (nSPS) is 12.2. The SMILES string of the molecule is CCNC(=O)C(C)(C)CNC(=NC)NC. The number of nitrogens with zero attached hydrogens (tertiary/aromatic N) is 1. The Morgan fingerprint density at radius 2 is 1.93 bits per heavy atom. The quantitative estimate of drug-likeness (QED) is 0.454. The lowest BCUT2D eigenvalue weighted by molar-refractivity contribution is -0.128. The monoisotopic (exact) mass is 214 g/mol. The maximum atomic E-state index is 11.6. The van der Waals surface area contributed by atoms with E-state index in [1.807, 2.05) is 20.8 Å². The largest absolute Gasteiger partial charge is 0.359 e. The van der Waals surface area contributed by atoms with Crippen LogP contribution in [0.15, 0.2) is 4.99 Å². The second-order valence-corrected chi connectivity index (χ2v) is 3.92. The maximum absolute atomic E-state index is 11.6. The predicted molar refractivity (Wildman–Crippen MR) is 62.9 cm³/mol. The van der Waals surface area contributed by atoms with Crippen LogP contribution in [0.1, 0.15) is 20.8 Å². The van der Waals surface area contributed by atoms with Gasteiger partial charge >= 0.3 is 0 Å². The Morgan fingerprint density at radius 3 is 2.33 bits per heavy atom. The average molecular weight is 214 g/mol. The molecule has 0 unspecified atom stereocenters. The molecule has 1 amide bonds. The topological polar surface area (TPSA) is 65.5 Å². The predicted octanol–water partition coefficient (Wildman–Crippen LogP) is -0.0565. The van der Waals surface area contributed by atoms with Crippen LogP contribution in [0.25, 0.3) is 0 Å². The Bertz CT molecular complexity index is 236. The highest BCUT2D eigenvalue weighted by Gasteiger charge is 2.26. The highest BCUT2D eigenvalue weighted by Crippen LogP contribution is 2.13. The third-order valence-corrected chi connectivity index (χ3v) is 2.11. The molecule has 0 aromatic rings. The van der Waals surface area contributed by atoms with Gasteiger partial charge in [-0.05, 0) is 20.8 Å². The number of hydrogen-bond donors (Lipinski definition) is 3. The molecule has 3 N–H and O–H groups in total. The van der Waals surface area contributed by atoms with E-state index < -0.39 is 5.41 Å². The van der Waals surface area contributed by atoms with E-state index in [0.29, 0.717) is 19.0 Å². The number of guanidine groups is 1. The second kappa shape index (κ2) is 6.27. The van der Waals surface area contributed by atoms with Crippen molar-refractivity contribution in [1.82, 2.24) is 16.0 Å². The van der Waals surface area contributed by atoms with Gasteiger partial charge in [-0.3, -0.25) is 9.79 Å². The lowest BCUT2D eigenvalue weighted by Gasteiger charge is -2.24. The smallest absolute Gasteiger partial charge is 0.227 e. The molecule has 0 fully saturated rings. The molecular weight excluding hydrogens is 192 g/mol. The molecule has 0 atom stereocenters. The van der Waals surface area contributed by atoms with Crippen molar-refractivity contribution in [3.05, 3.63) is 0 Å². The van der Waals surface area contributed by atoms with Crippen molar-refractivity contribution in [2.75, 3.05) is 27.2 Å². The molecule has 0 heterocycles. The number of nitrogens with one attached hydrogen (secondary N) is 3. The molecule has 5 heteroatoms. The Kier molecular flexibility index (Phi) is 5.74.